The standard InChI is InChI=1S/C14H19NO3S/c1-2-15(8-5-10-17)14(18)13-12(7-11-19-13)6-3-4-9-16/h7,11,16-17H,2,4-5,8-10H2,1H3. The van der Waals surface area contributed by atoms with Gasteiger partial charge in [-0.1, -0.05) is 11.8 Å². The van der Waals surface area contributed by atoms with Crippen molar-refractivity contribution < 1.29 is 15.0 Å². The zero-order valence-corrected chi connectivity index (χ0v) is 11.9. The van der Waals surface area contributed by atoms with Crippen molar-refractivity contribution >= 4 is 17.2 Å². The van der Waals surface area contributed by atoms with Gasteiger partial charge in [0.15, 0.2) is 0 Å². The number of hydrogen-bond donors (Lipinski definition) is 2. The molecule has 0 atom stereocenters. The Kier molecular flexibility index (Phi) is 7.19. The van der Waals surface area contributed by atoms with Gasteiger partial charge in [-0.05, 0) is 24.8 Å². The predicted octanol–water partition coefficient (Wildman–Crippen LogP) is 1.33. The lowest BCUT2D eigenvalue weighted by molar-refractivity contribution is 0.0759. The molecule has 0 unspecified atom stereocenters. The van der Waals surface area contributed by atoms with Crippen molar-refractivity contribution in [3.8, 4) is 11.8 Å². The molecular weight excluding hydrogens is 262 g/mol. The largest absolute Gasteiger partial charge is 0.396 e. The second kappa shape index (κ2) is 8.70. The van der Waals surface area contributed by atoms with E-state index < -0.39 is 0 Å². The highest BCUT2D eigenvalue weighted by Crippen LogP contribution is 2.18. The molecule has 1 aromatic heterocycles. The fraction of sp³-hybridized carbons (Fsp3) is 0.500. The van der Waals surface area contributed by atoms with Gasteiger partial charge in [-0.25, -0.2) is 0 Å². The lowest BCUT2D eigenvalue weighted by Gasteiger charge is -2.19. The molecule has 0 aromatic carbocycles. The highest BCUT2D eigenvalue weighted by atomic mass is 32.1. The van der Waals surface area contributed by atoms with E-state index in [9.17, 15) is 4.79 Å². The molecule has 5 heteroatoms. The Morgan fingerprint density at radius 3 is 2.84 bits per heavy atom. The fourth-order valence-electron chi connectivity index (χ4n) is 1.60. The summed E-state index contributed by atoms with van der Waals surface area (Å²) in [5.74, 6) is 5.70. The van der Waals surface area contributed by atoms with Crippen LogP contribution in [0.5, 0.6) is 0 Å². The summed E-state index contributed by atoms with van der Waals surface area (Å²) in [4.78, 5) is 14.7. The van der Waals surface area contributed by atoms with E-state index in [0.717, 1.165) is 0 Å². The molecular formula is C14H19NO3S. The van der Waals surface area contributed by atoms with Crippen LogP contribution in [-0.2, 0) is 0 Å². The first kappa shape index (κ1) is 15.7. The molecule has 2 N–H and O–H groups in total. The van der Waals surface area contributed by atoms with Crippen molar-refractivity contribution in [1.29, 1.82) is 0 Å². The number of carbonyl (C=O) groups excluding carboxylic acids is 1. The van der Waals surface area contributed by atoms with Crippen molar-refractivity contribution in [2.75, 3.05) is 26.3 Å². The van der Waals surface area contributed by atoms with E-state index in [2.05, 4.69) is 11.8 Å². The van der Waals surface area contributed by atoms with Crippen LogP contribution in [0.1, 0.15) is 35.0 Å². The third-order valence-electron chi connectivity index (χ3n) is 2.57. The Bertz CT molecular complexity index is 459. The first-order valence-corrected chi connectivity index (χ1v) is 7.19. The molecule has 19 heavy (non-hydrogen) atoms. The molecule has 1 heterocycles. The molecule has 0 aliphatic rings. The second-order valence-electron chi connectivity index (χ2n) is 3.90. The molecule has 1 rings (SSSR count). The molecule has 1 amide bonds. The van der Waals surface area contributed by atoms with E-state index in [1.54, 1.807) is 4.90 Å². The van der Waals surface area contributed by atoms with Gasteiger partial charge in [0.05, 0.1) is 6.61 Å². The lowest BCUT2D eigenvalue weighted by atomic mass is 10.2. The molecule has 0 saturated carbocycles. The summed E-state index contributed by atoms with van der Waals surface area (Å²) in [6.07, 6.45) is 0.988. The van der Waals surface area contributed by atoms with E-state index >= 15 is 0 Å². The molecule has 0 radical (unpaired) electrons. The third-order valence-corrected chi connectivity index (χ3v) is 3.48. The van der Waals surface area contributed by atoms with Crippen LogP contribution in [0.4, 0.5) is 0 Å². The van der Waals surface area contributed by atoms with Crippen LogP contribution in [0, 0.1) is 11.8 Å². The maximum atomic E-state index is 12.3. The van der Waals surface area contributed by atoms with E-state index in [1.807, 2.05) is 18.4 Å². The van der Waals surface area contributed by atoms with Gasteiger partial charge in [0, 0.05) is 31.7 Å². The van der Waals surface area contributed by atoms with Gasteiger partial charge >= 0.3 is 0 Å². The van der Waals surface area contributed by atoms with E-state index in [0.29, 0.717) is 36.4 Å². The topological polar surface area (TPSA) is 60.8 Å². The number of nitrogens with zero attached hydrogens (tertiary/aromatic N) is 1. The lowest BCUT2D eigenvalue weighted by Crippen LogP contribution is -2.32. The smallest absolute Gasteiger partial charge is 0.265 e. The van der Waals surface area contributed by atoms with Crippen LogP contribution in [-0.4, -0.2) is 47.3 Å². The normalized spacial score (nSPS) is 9.84. The highest BCUT2D eigenvalue weighted by molar-refractivity contribution is 7.12. The zero-order chi connectivity index (χ0) is 14.1. The minimum absolute atomic E-state index is 0.0258. The Morgan fingerprint density at radius 2 is 2.21 bits per heavy atom. The highest BCUT2D eigenvalue weighted by Gasteiger charge is 2.17. The molecule has 4 nitrogen and oxygen atoms in total. The van der Waals surface area contributed by atoms with Crippen molar-refractivity contribution in [2.24, 2.45) is 0 Å². The first-order chi connectivity index (χ1) is 9.24. The number of amides is 1. The summed E-state index contributed by atoms with van der Waals surface area (Å²) in [5, 5.41) is 19.4. The molecule has 104 valence electrons. The number of hydrogen-bond acceptors (Lipinski definition) is 4. The molecule has 0 spiro atoms. The number of carbonyl (C=O) groups is 1. The van der Waals surface area contributed by atoms with Crippen LogP contribution in [0.15, 0.2) is 11.4 Å². The molecule has 0 aliphatic carbocycles. The van der Waals surface area contributed by atoms with Crippen molar-refractivity contribution in [2.45, 2.75) is 19.8 Å². The first-order valence-electron chi connectivity index (χ1n) is 6.32. The fourth-order valence-corrected chi connectivity index (χ4v) is 2.41. The minimum Gasteiger partial charge on any atom is -0.396 e. The zero-order valence-electron chi connectivity index (χ0n) is 11.1. The Balaban J connectivity index is 2.81. The predicted molar refractivity (Wildman–Crippen MR) is 76.2 cm³/mol. The monoisotopic (exact) mass is 281 g/mol. The van der Waals surface area contributed by atoms with Gasteiger partial charge in [0.2, 0.25) is 0 Å². The Hall–Kier alpha value is -1.35. The molecule has 0 saturated heterocycles. The summed E-state index contributed by atoms with van der Waals surface area (Å²) < 4.78 is 0. The van der Waals surface area contributed by atoms with Gasteiger partial charge in [-0.15, -0.1) is 11.3 Å². The van der Waals surface area contributed by atoms with E-state index in [-0.39, 0.29) is 19.1 Å². The molecule has 0 aliphatic heterocycles. The Labute approximate surface area is 117 Å². The summed E-state index contributed by atoms with van der Waals surface area (Å²) >= 11 is 1.37. The van der Waals surface area contributed by atoms with Gasteiger partial charge in [-0.2, -0.15) is 0 Å². The summed E-state index contributed by atoms with van der Waals surface area (Å²) in [7, 11) is 0. The van der Waals surface area contributed by atoms with Crippen molar-refractivity contribution in [3.05, 3.63) is 21.9 Å². The molecule has 0 bridgehead atoms. The van der Waals surface area contributed by atoms with E-state index in [4.69, 9.17) is 10.2 Å². The van der Waals surface area contributed by atoms with E-state index in [1.165, 1.54) is 11.3 Å². The maximum Gasteiger partial charge on any atom is 0.265 e. The van der Waals surface area contributed by atoms with Gasteiger partial charge in [-0.3, -0.25) is 4.79 Å². The molecule has 0 fully saturated rings. The SMILES string of the molecule is CCN(CCCO)C(=O)c1sccc1C#CCCO. The van der Waals surface area contributed by atoms with Crippen LogP contribution < -0.4 is 0 Å². The summed E-state index contributed by atoms with van der Waals surface area (Å²) in [5.41, 5.74) is 0.714. The van der Waals surface area contributed by atoms with Crippen LogP contribution in [0.3, 0.4) is 0 Å². The minimum atomic E-state index is -0.0424. The number of aliphatic hydroxyl groups excluding tert-OH is 2. The average molecular weight is 281 g/mol. The maximum absolute atomic E-state index is 12.3. The quantitative estimate of drug-likeness (QED) is 0.773. The average Bonchev–Trinajstić information content (AvgIpc) is 2.88. The van der Waals surface area contributed by atoms with Crippen LogP contribution >= 0.6 is 11.3 Å². The van der Waals surface area contributed by atoms with Crippen molar-refractivity contribution in [1.82, 2.24) is 4.90 Å². The number of thiophene rings is 1. The molecule has 1 aromatic rings. The Morgan fingerprint density at radius 1 is 1.42 bits per heavy atom. The van der Waals surface area contributed by atoms with Crippen LogP contribution in [0.2, 0.25) is 0 Å². The van der Waals surface area contributed by atoms with Crippen LogP contribution in [0.25, 0.3) is 0 Å². The summed E-state index contributed by atoms with van der Waals surface area (Å²) in [6, 6.07) is 1.82. The third kappa shape index (κ3) is 4.67. The van der Waals surface area contributed by atoms with Gasteiger partial charge < -0.3 is 15.1 Å². The number of aliphatic hydroxyl groups is 2. The van der Waals surface area contributed by atoms with Gasteiger partial charge in [0.1, 0.15) is 4.88 Å². The van der Waals surface area contributed by atoms with Gasteiger partial charge in [0.25, 0.3) is 5.91 Å². The summed E-state index contributed by atoms with van der Waals surface area (Å²) in [6.45, 7) is 3.18. The van der Waals surface area contributed by atoms with Crippen molar-refractivity contribution in [3.63, 3.8) is 0 Å². The number of rotatable bonds is 6. The second-order valence-corrected chi connectivity index (χ2v) is 4.82.